The number of carbonyl (C=O) groups is 3. The van der Waals surface area contributed by atoms with Gasteiger partial charge in [0, 0.05) is 6.42 Å². The van der Waals surface area contributed by atoms with E-state index in [-0.39, 0.29) is 0 Å². The first kappa shape index (κ1) is 16.0. The summed E-state index contributed by atoms with van der Waals surface area (Å²) in [7, 11) is -3.67. The molecule has 0 atom stereocenters. The second-order valence-corrected chi connectivity index (χ2v) is 3.82. The summed E-state index contributed by atoms with van der Waals surface area (Å²) in [5.41, 5.74) is 0. The van der Waals surface area contributed by atoms with Gasteiger partial charge in [-0.15, -0.1) is 0 Å². The lowest BCUT2D eigenvalue weighted by Crippen LogP contribution is -2.13. The number of Topliss-reactive ketones (excluding diaryl/α,β-unsaturated/α-hetero) is 1. The molecule has 0 aromatic carbocycles. The lowest BCUT2D eigenvalue weighted by Gasteiger charge is -1.88. The second kappa shape index (κ2) is 6.90. The van der Waals surface area contributed by atoms with Crippen LogP contribution in [0, 0.1) is 0 Å². The van der Waals surface area contributed by atoms with Crippen LogP contribution in [-0.4, -0.2) is 47.2 Å². The first-order valence-corrected chi connectivity index (χ1v) is 5.29. The number of ketones is 1. The van der Waals surface area contributed by atoms with Gasteiger partial charge in [-0.25, -0.2) is 4.79 Å². The molecule has 0 saturated carbocycles. The van der Waals surface area contributed by atoms with Gasteiger partial charge in [0.25, 0.3) is 10.1 Å². The molecule has 0 amide bonds. The zero-order chi connectivity index (χ0) is 12.6. The Bertz CT molecular complexity index is 332. The maximum atomic E-state index is 10.2. The molecule has 0 aliphatic carbocycles. The van der Waals surface area contributed by atoms with Crippen molar-refractivity contribution in [2.45, 2.75) is 12.8 Å². The maximum absolute atomic E-state index is 10.2. The van der Waals surface area contributed by atoms with Crippen molar-refractivity contribution in [3.05, 3.63) is 0 Å². The molecule has 9 heteroatoms. The molecule has 0 radical (unpaired) electrons. The van der Waals surface area contributed by atoms with Gasteiger partial charge in [0.15, 0.2) is 0 Å². The molecule has 0 heterocycles. The number of carboxylic acid groups (broad SMARTS) is 2. The maximum Gasteiger partial charge on any atom is 0.372 e. The Morgan fingerprint density at radius 3 is 1.60 bits per heavy atom. The monoisotopic (exact) mass is 242 g/mol. The molecule has 0 aliphatic heterocycles. The molecule has 0 aliphatic rings. The van der Waals surface area contributed by atoms with E-state index in [0.29, 0.717) is 6.26 Å². The topological polar surface area (TPSA) is 146 Å². The van der Waals surface area contributed by atoms with Crippen LogP contribution in [0.15, 0.2) is 0 Å². The van der Waals surface area contributed by atoms with Crippen molar-refractivity contribution in [2.24, 2.45) is 0 Å². The molecule has 3 N–H and O–H groups in total. The third kappa shape index (κ3) is 24.5. The Hall–Kier alpha value is -1.48. The molecule has 88 valence electrons. The van der Waals surface area contributed by atoms with E-state index in [4.69, 9.17) is 14.8 Å². The number of rotatable bonds is 4. The highest BCUT2D eigenvalue weighted by Gasteiger charge is 2.12. The fraction of sp³-hybridized carbons (Fsp3) is 0.500. The smallest absolute Gasteiger partial charge is 0.372 e. The fourth-order valence-electron chi connectivity index (χ4n) is 0.327. The number of carboxylic acids is 2. The largest absolute Gasteiger partial charge is 0.481 e. The van der Waals surface area contributed by atoms with Crippen LogP contribution in [0.3, 0.4) is 0 Å². The zero-order valence-electron chi connectivity index (χ0n) is 7.71. The highest BCUT2D eigenvalue weighted by atomic mass is 32.2. The van der Waals surface area contributed by atoms with Crippen LogP contribution in [0.25, 0.3) is 0 Å². The van der Waals surface area contributed by atoms with Gasteiger partial charge >= 0.3 is 11.9 Å². The standard InChI is InChI=1S/C5H6O5.CH4O3S/c6-3(5(9)10)1-2-4(7)8;1-5(2,3)4/h1-2H2,(H,7,8)(H,9,10);1H3,(H,2,3,4). The molecule has 0 unspecified atom stereocenters. The summed E-state index contributed by atoms with van der Waals surface area (Å²) in [6.45, 7) is 0. The van der Waals surface area contributed by atoms with Gasteiger partial charge in [-0.1, -0.05) is 0 Å². The van der Waals surface area contributed by atoms with Crippen LogP contribution >= 0.6 is 0 Å². The van der Waals surface area contributed by atoms with Crippen molar-refractivity contribution in [1.82, 2.24) is 0 Å². The minimum absolute atomic E-state index is 0.425. The molecule has 0 fully saturated rings. The predicted molar refractivity (Wildman–Crippen MR) is 47.0 cm³/mol. The quantitative estimate of drug-likeness (QED) is 0.420. The lowest BCUT2D eigenvalue weighted by atomic mass is 10.2. The molecule has 0 rings (SSSR count). The zero-order valence-corrected chi connectivity index (χ0v) is 8.52. The minimum Gasteiger partial charge on any atom is -0.481 e. The Balaban J connectivity index is 0. The first-order valence-electron chi connectivity index (χ1n) is 3.44. The van der Waals surface area contributed by atoms with Crippen molar-refractivity contribution in [3.63, 3.8) is 0 Å². The van der Waals surface area contributed by atoms with E-state index in [1.807, 2.05) is 0 Å². The Labute approximate surface area is 85.3 Å². The van der Waals surface area contributed by atoms with Gasteiger partial charge in [-0.3, -0.25) is 14.1 Å². The van der Waals surface area contributed by atoms with Crippen LogP contribution in [0.4, 0.5) is 0 Å². The molecule has 0 aromatic rings. The molecular weight excluding hydrogens is 232 g/mol. The molecule has 0 bridgehead atoms. The van der Waals surface area contributed by atoms with Crippen molar-refractivity contribution in [1.29, 1.82) is 0 Å². The average molecular weight is 242 g/mol. The normalized spacial score (nSPS) is 9.73. The molecule has 0 spiro atoms. The highest BCUT2D eigenvalue weighted by molar-refractivity contribution is 7.85. The van der Waals surface area contributed by atoms with E-state index in [1.54, 1.807) is 0 Å². The molecular formula is C6H10O8S. The Morgan fingerprint density at radius 1 is 1.07 bits per heavy atom. The van der Waals surface area contributed by atoms with Crippen molar-refractivity contribution < 1.29 is 37.6 Å². The summed E-state index contributed by atoms with van der Waals surface area (Å²) in [5, 5.41) is 16.0. The first-order chi connectivity index (χ1) is 6.54. The third-order valence-electron chi connectivity index (χ3n) is 0.804. The number of carbonyl (C=O) groups excluding carboxylic acids is 1. The molecule has 8 nitrogen and oxygen atoms in total. The van der Waals surface area contributed by atoms with Gasteiger partial charge in [0.2, 0.25) is 5.78 Å². The average Bonchev–Trinajstić information content (AvgIpc) is 1.96. The van der Waals surface area contributed by atoms with Crippen molar-refractivity contribution in [3.8, 4) is 0 Å². The SMILES string of the molecule is CS(=O)(=O)O.O=C(O)CCC(=O)C(=O)O. The van der Waals surface area contributed by atoms with Crippen LogP contribution in [0.5, 0.6) is 0 Å². The summed E-state index contributed by atoms with van der Waals surface area (Å²) < 4.78 is 25.9. The minimum atomic E-state index is -3.67. The van der Waals surface area contributed by atoms with Crippen LogP contribution < -0.4 is 0 Å². The van der Waals surface area contributed by atoms with Crippen molar-refractivity contribution >= 4 is 27.8 Å². The Kier molecular flexibility index (Phi) is 7.34. The van der Waals surface area contributed by atoms with Gasteiger partial charge < -0.3 is 10.2 Å². The van der Waals surface area contributed by atoms with Crippen LogP contribution in [-0.2, 0) is 24.5 Å². The summed E-state index contributed by atoms with van der Waals surface area (Å²) in [5.74, 6) is -3.82. The number of aliphatic carboxylic acids is 2. The lowest BCUT2D eigenvalue weighted by molar-refractivity contribution is -0.149. The van der Waals surface area contributed by atoms with E-state index in [1.165, 1.54) is 0 Å². The molecule has 0 saturated heterocycles. The van der Waals surface area contributed by atoms with Crippen LogP contribution in [0.2, 0.25) is 0 Å². The summed E-state index contributed by atoms with van der Waals surface area (Å²) in [4.78, 5) is 29.7. The van der Waals surface area contributed by atoms with E-state index < -0.39 is 40.7 Å². The summed E-state index contributed by atoms with van der Waals surface area (Å²) in [6.07, 6.45) is -0.150. The van der Waals surface area contributed by atoms with Gasteiger partial charge in [0.05, 0.1) is 12.7 Å². The summed E-state index contributed by atoms with van der Waals surface area (Å²) >= 11 is 0. The van der Waals surface area contributed by atoms with Gasteiger partial charge in [0.1, 0.15) is 0 Å². The van der Waals surface area contributed by atoms with Gasteiger partial charge in [-0.05, 0) is 0 Å². The third-order valence-corrected chi connectivity index (χ3v) is 0.804. The van der Waals surface area contributed by atoms with Crippen molar-refractivity contribution in [2.75, 3.05) is 6.26 Å². The van der Waals surface area contributed by atoms with E-state index >= 15 is 0 Å². The van der Waals surface area contributed by atoms with E-state index in [2.05, 4.69) is 0 Å². The summed E-state index contributed by atoms with van der Waals surface area (Å²) in [6, 6.07) is 0. The molecule has 15 heavy (non-hydrogen) atoms. The van der Waals surface area contributed by atoms with Crippen LogP contribution in [0.1, 0.15) is 12.8 Å². The fourth-order valence-corrected chi connectivity index (χ4v) is 0.327. The number of hydrogen-bond donors (Lipinski definition) is 3. The van der Waals surface area contributed by atoms with E-state index in [0.717, 1.165) is 0 Å². The number of hydrogen-bond acceptors (Lipinski definition) is 5. The predicted octanol–water partition coefficient (Wildman–Crippen LogP) is -0.991. The molecule has 0 aromatic heterocycles. The van der Waals surface area contributed by atoms with E-state index in [9.17, 15) is 22.8 Å². The van der Waals surface area contributed by atoms with Gasteiger partial charge in [-0.2, -0.15) is 8.42 Å². The second-order valence-electron chi connectivity index (χ2n) is 2.36. The highest BCUT2D eigenvalue weighted by Crippen LogP contribution is 1.89. The Morgan fingerprint density at radius 2 is 1.40 bits per heavy atom.